The predicted molar refractivity (Wildman–Crippen MR) is 98.3 cm³/mol. The maximum absolute atomic E-state index is 11.8. The Morgan fingerprint density at radius 1 is 1.35 bits per heavy atom. The second-order valence-electron chi connectivity index (χ2n) is 6.56. The zero-order valence-corrected chi connectivity index (χ0v) is 16.0. The largest absolute Gasteiger partial charge is 0.450 e. The molecule has 2 aliphatic rings. The lowest BCUT2D eigenvalue weighted by molar-refractivity contribution is 0.105. The smallest absolute Gasteiger partial charge is 0.409 e. The van der Waals surface area contributed by atoms with Crippen LogP contribution in [-0.2, 0) is 14.6 Å². The first kappa shape index (κ1) is 18.7. The normalized spacial score (nSPS) is 22.3. The zero-order valence-electron chi connectivity index (χ0n) is 15.2. The minimum absolute atomic E-state index is 0.0524. The van der Waals surface area contributed by atoms with E-state index in [4.69, 9.17) is 4.74 Å². The molecule has 144 valence electrons. The number of aromatic nitrogens is 2. The van der Waals surface area contributed by atoms with Crippen molar-refractivity contribution in [1.82, 2.24) is 14.9 Å². The second kappa shape index (κ2) is 7.65. The molecule has 0 spiro atoms. The summed E-state index contributed by atoms with van der Waals surface area (Å²) < 4.78 is 28.5. The van der Waals surface area contributed by atoms with Gasteiger partial charge in [-0.2, -0.15) is 4.98 Å². The van der Waals surface area contributed by atoms with Crippen LogP contribution in [0.3, 0.4) is 0 Å². The fourth-order valence-electron chi connectivity index (χ4n) is 3.26. The molecule has 1 aromatic heterocycles. The Bertz CT molecular complexity index is 749. The standard InChI is InChI=1S/C16H25N5O4S/c1-3-25-16(22)21-9-7-20(8-10-21)15-17-6-4-14(18-15)19(2)13-5-11-26(23,24)12-13/h4,6,13H,3,5,7-12H2,1-2H3. The summed E-state index contributed by atoms with van der Waals surface area (Å²) in [7, 11) is -1.07. The number of anilines is 2. The van der Waals surface area contributed by atoms with Crippen molar-refractivity contribution < 1.29 is 17.9 Å². The van der Waals surface area contributed by atoms with Gasteiger partial charge in [-0.05, 0) is 19.4 Å². The summed E-state index contributed by atoms with van der Waals surface area (Å²) in [5.74, 6) is 1.71. The quantitative estimate of drug-likeness (QED) is 0.736. The fourth-order valence-corrected chi connectivity index (χ4v) is 5.03. The molecule has 9 nitrogen and oxygen atoms in total. The highest BCUT2D eigenvalue weighted by atomic mass is 32.2. The molecule has 0 bridgehead atoms. The first-order chi connectivity index (χ1) is 12.4. The summed E-state index contributed by atoms with van der Waals surface area (Å²) in [5, 5.41) is 0. The molecular formula is C16H25N5O4S. The van der Waals surface area contributed by atoms with Crippen LogP contribution >= 0.6 is 0 Å². The fraction of sp³-hybridized carbons (Fsp3) is 0.688. The van der Waals surface area contributed by atoms with Gasteiger partial charge in [0.25, 0.3) is 0 Å². The highest BCUT2D eigenvalue weighted by Crippen LogP contribution is 2.23. The zero-order chi connectivity index (χ0) is 18.7. The van der Waals surface area contributed by atoms with E-state index in [1.165, 1.54) is 0 Å². The van der Waals surface area contributed by atoms with Gasteiger partial charge < -0.3 is 19.4 Å². The Morgan fingerprint density at radius 2 is 2.08 bits per heavy atom. The maximum Gasteiger partial charge on any atom is 0.409 e. The van der Waals surface area contributed by atoms with E-state index in [1.807, 2.05) is 16.8 Å². The Hall–Kier alpha value is -2.10. The van der Waals surface area contributed by atoms with E-state index in [0.29, 0.717) is 51.0 Å². The second-order valence-corrected chi connectivity index (χ2v) is 8.78. The molecule has 0 aliphatic carbocycles. The summed E-state index contributed by atoms with van der Waals surface area (Å²) in [6, 6.07) is 1.74. The molecule has 0 aromatic carbocycles. The third-order valence-electron chi connectivity index (χ3n) is 4.83. The molecule has 2 fully saturated rings. The SMILES string of the molecule is CCOC(=O)N1CCN(c2nccc(N(C)C3CCS(=O)(=O)C3)n2)CC1. The van der Waals surface area contributed by atoms with Crippen LogP contribution in [0.15, 0.2) is 12.3 Å². The van der Waals surface area contributed by atoms with Crippen LogP contribution in [-0.4, -0.2) is 86.8 Å². The molecule has 3 rings (SSSR count). The van der Waals surface area contributed by atoms with Crippen LogP contribution in [0.25, 0.3) is 0 Å². The Morgan fingerprint density at radius 3 is 2.69 bits per heavy atom. The molecule has 1 atom stereocenters. The lowest BCUT2D eigenvalue weighted by atomic mass is 10.2. The van der Waals surface area contributed by atoms with Gasteiger partial charge in [-0.1, -0.05) is 0 Å². The van der Waals surface area contributed by atoms with Crippen molar-refractivity contribution in [1.29, 1.82) is 0 Å². The average molecular weight is 383 g/mol. The Kier molecular flexibility index (Phi) is 5.49. The van der Waals surface area contributed by atoms with E-state index in [9.17, 15) is 13.2 Å². The first-order valence-corrected chi connectivity index (χ1v) is 10.6. The number of sulfone groups is 1. The van der Waals surface area contributed by atoms with Gasteiger partial charge in [0.1, 0.15) is 5.82 Å². The number of rotatable bonds is 4. The number of carbonyl (C=O) groups is 1. The molecule has 0 N–H and O–H groups in total. The van der Waals surface area contributed by atoms with Crippen molar-refractivity contribution in [3.63, 3.8) is 0 Å². The van der Waals surface area contributed by atoms with Gasteiger partial charge in [0.05, 0.1) is 18.1 Å². The van der Waals surface area contributed by atoms with E-state index in [0.717, 1.165) is 0 Å². The number of hydrogen-bond acceptors (Lipinski definition) is 8. The third-order valence-corrected chi connectivity index (χ3v) is 6.58. The summed E-state index contributed by atoms with van der Waals surface area (Å²) in [6.07, 6.45) is 2.02. The topological polar surface area (TPSA) is 95.9 Å². The molecule has 26 heavy (non-hydrogen) atoms. The highest BCUT2D eigenvalue weighted by Gasteiger charge is 2.31. The van der Waals surface area contributed by atoms with Crippen molar-refractivity contribution in [2.75, 3.05) is 61.1 Å². The summed E-state index contributed by atoms with van der Waals surface area (Å²) in [6.45, 7) is 4.53. The molecule has 1 aromatic rings. The molecule has 10 heteroatoms. The van der Waals surface area contributed by atoms with Gasteiger partial charge >= 0.3 is 6.09 Å². The van der Waals surface area contributed by atoms with E-state index in [1.54, 1.807) is 24.1 Å². The molecular weight excluding hydrogens is 358 g/mol. The molecule has 0 radical (unpaired) electrons. The Balaban J connectivity index is 1.64. The van der Waals surface area contributed by atoms with E-state index in [-0.39, 0.29) is 23.6 Å². The molecule has 2 aliphatic heterocycles. The van der Waals surface area contributed by atoms with Crippen molar-refractivity contribution in [3.05, 3.63) is 12.3 Å². The van der Waals surface area contributed by atoms with Crippen LogP contribution in [0.2, 0.25) is 0 Å². The van der Waals surface area contributed by atoms with Gasteiger partial charge in [0, 0.05) is 45.5 Å². The average Bonchev–Trinajstić information content (AvgIpc) is 3.01. The van der Waals surface area contributed by atoms with Crippen molar-refractivity contribution in [3.8, 4) is 0 Å². The molecule has 3 heterocycles. The Labute approximate surface area is 153 Å². The van der Waals surface area contributed by atoms with Crippen LogP contribution < -0.4 is 9.80 Å². The van der Waals surface area contributed by atoms with E-state index in [2.05, 4.69) is 9.97 Å². The van der Waals surface area contributed by atoms with Crippen molar-refractivity contribution in [2.45, 2.75) is 19.4 Å². The highest BCUT2D eigenvalue weighted by molar-refractivity contribution is 7.91. The number of amides is 1. The number of ether oxygens (including phenoxy) is 1. The van der Waals surface area contributed by atoms with E-state index < -0.39 is 9.84 Å². The summed E-state index contributed by atoms with van der Waals surface area (Å²) >= 11 is 0. The van der Waals surface area contributed by atoms with Crippen LogP contribution in [0, 0.1) is 0 Å². The van der Waals surface area contributed by atoms with E-state index >= 15 is 0 Å². The van der Waals surface area contributed by atoms with Crippen molar-refractivity contribution >= 4 is 27.7 Å². The predicted octanol–water partition coefficient (Wildman–Crippen LogP) is 0.378. The maximum atomic E-state index is 11.8. The minimum Gasteiger partial charge on any atom is -0.450 e. The lowest BCUT2D eigenvalue weighted by Crippen LogP contribution is -2.49. The number of hydrogen-bond donors (Lipinski definition) is 0. The van der Waals surface area contributed by atoms with Crippen LogP contribution in [0.4, 0.5) is 16.6 Å². The van der Waals surface area contributed by atoms with Gasteiger partial charge in [-0.3, -0.25) is 0 Å². The number of nitrogens with zero attached hydrogens (tertiary/aromatic N) is 5. The van der Waals surface area contributed by atoms with Gasteiger partial charge in [0.2, 0.25) is 5.95 Å². The lowest BCUT2D eigenvalue weighted by Gasteiger charge is -2.34. The molecule has 1 amide bonds. The minimum atomic E-state index is -2.94. The molecule has 1 unspecified atom stereocenters. The van der Waals surface area contributed by atoms with Crippen LogP contribution in [0.5, 0.6) is 0 Å². The van der Waals surface area contributed by atoms with Gasteiger partial charge in [-0.15, -0.1) is 0 Å². The number of carbonyl (C=O) groups excluding carboxylic acids is 1. The molecule has 2 saturated heterocycles. The summed E-state index contributed by atoms with van der Waals surface area (Å²) in [5.41, 5.74) is 0. The van der Waals surface area contributed by atoms with Gasteiger partial charge in [-0.25, -0.2) is 18.2 Å². The monoisotopic (exact) mass is 383 g/mol. The third kappa shape index (κ3) is 4.17. The molecule has 0 saturated carbocycles. The number of piperazine rings is 1. The first-order valence-electron chi connectivity index (χ1n) is 8.82. The van der Waals surface area contributed by atoms with Crippen molar-refractivity contribution in [2.24, 2.45) is 0 Å². The summed E-state index contributed by atoms with van der Waals surface area (Å²) in [4.78, 5) is 26.4. The van der Waals surface area contributed by atoms with Gasteiger partial charge in [0.15, 0.2) is 9.84 Å². The van der Waals surface area contributed by atoms with Crippen LogP contribution in [0.1, 0.15) is 13.3 Å².